The highest BCUT2D eigenvalue weighted by atomic mass is 16.5. The third kappa shape index (κ3) is 2.90. The fourth-order valence-corrected chi connectivity index (χ4v) is 3.41. The molecule has 0 aliphatic carbocycles. The van der Waals surface area contributed by atoms with E-state index in [1.54, 1.807) is 19.3 Å². The number of methoxy groups -OCH3 is 1. The maximum atomic E-state index is 12.1. The second-order valence-corrected chi connectivity index (χ2v) is 6.91. The van der Waals surface area contributed by atoms with E-state index in [-0.39, 0.29) is 18.4 Å². The highest BCUT2D eigenvalue weighted by molar-refractivity contribution is 5.95. The zero-order chi connectivity index (χ0) is 17.5. The first-order valence-electron chi connectivity index (χ1n) is 8.09. The predicted octanol–water partition coefficient (Wildman–Crippen LogP) is 3.37. The van der Waals surface area contributed by atoms with Gasteiger partial charge in [0.05, 0.1) is 12.7 Å². The molecule has 2 aliphatic heterocycles. The molecule has 0 radical (unpaired) electrons. The number of ether oxygens (including phenoxy) is 3. The normalized spacial score (nSPS) is 21.2. The van der Waals surface area contributed by atoms with Crippen LogP contribution in [0.15, 0.2) is 17.7 Å². The molecule has 0 saturated carbocycles. The van der Waals surface area contributed by atoms with Crippen molar-refractivity contribution in [1.29, 1.82) is 0 Å². The van der Waals surface area contributed by atoms with Gasteiger partial charge in [-0.05, 0) is 45.8 Å². The van der Waals surface area contributed by atoms with Gasteiger partial charge >= 0.3 is 5.97 Å². The zero-order valence-corrected chi connectivity index (χ0v) is 14.5. The molecule has 1 aromatic rings. The molecule has 0 spiro atoms. The Balaban J connectivity index is 1.93. The maximum absolute atomic E-state index is 12.1. The molecular weight excluding hydrogens is 308 g/mol. The van der Waals surface area contributed by atoms with Gasteiger partial charge in [-0.15, -0.1) is 0 Å². The third-order valence-corrected chi connectivity index (χ3v) is 4.48. The number of ketones is 1. The van der Waals surface area contributed by atoms with Crippen LogP contribution in [-0.2, 0) is 22.6 Å². The van der Waals surface area contributed by atoms with Gasteiger partial charge in [0.25, 0.3) is 0 Å². The summed E-state index contributed by atoms with van der Waals surface area (Å²) in [5.41, 5.74) is 2.61. The molecule has 0 amide bonds. The van der Waals surface area contributed by atoms with E-state index in [9.17, 15) is 9.59 Å². The quantitative estimate of drug-likeness (QED) is 0.625. The average molecular weight is 330 g/mol. The lowest BCUT2D eigenvalue weighted by atomic mass is 9.86. The van der Waals surface area contributed by atoms with Crippen LogP contribution in [0.3, 0.4) is 0 Å². The van der Waals surface area contributed by atoms with Gasteiger partial charge in [0.1, 0.15) is 23.7 Å². The topological polar surface area (TPSA) is 61.8 Å². The number of carbonyl (C=O) groups is 2. The minimum Gasteiger partial charge on any atom is -0.496 e. The van der Waals surface area contributed by atoms with Crippen molar-refractivity contribution < 1.29 is 23.8 Å². The largest absolute Gasteiger partial charge is 0.496 e. The van der Waals surface area contributed by atoms with Gasteiger partial charge in [0, 0.05) is 17.5 Å². The molecule has 1 atom stereocenters. The lowest BCUT2D eigenvalue weighted by Crippen LogP contribution is -2.38. The molecule has 1 aromatic carbocycles. The van der Waals surface area contributed by atoms with Crippen molar-refractivity contribution >= 4 is 11.8 Å². The number of esters is 1. The van der Waals surface area contributed by atoms with Crippen LogP contribution >= 0.6 is 0 Å². The monoisotopic (exact) mass is 330 g/mol. The van der Waals surface area contributed by atoms with Crippen molar-refractivity contribution in [2.45, 2.75) is 52.2 Å². The molecule has 5 heteroatoms. The Kier molecular flexibility index (Phi) is 4.11. The van der Waals surface area contributed by atoms with E-state index in [0.717, 1.165) is 23.1 Å². The van der Waals surface area contributed by atoms with Gasteiger partial charge in [-0.2, -0.15) is 0 Å². The van der Waals surface area contributed by atoms with Crippen LogP contribution in [0.5, 0.6) is 11.5 Å². The highest BCUT2D eigenvalue weighted by Crippen LogP contribution is 2.44. The van der Waals surface area contributed by atoms with Crippen molar-refractivity contribution in [3.63, 3.8) is 0 Å². The lowest BCUT2D eigenvalue weighted by Gasteiger charge is -2.36. The Morgan fingerprint density at radius 1 is 1.38 bits per heavy atom. The second kappa shape index (κ2) is 5.96. The fourth-order valence-electron chi connectivity index (χ4n) is 3.41. The summed E-state index contributed by atoms with van der Waals surface area (Å²) in [4.78, 5) is 24.0. The number of rotatable bonds is 4. The van der Waals surface area contributed by atoms with Gasteiger partial charge in [-0.25, -0.2) is 4.79 Å². The van der Waals surface area contributed by atoms with Gasteiger partial charge < -0.3 is 14.2 Å². The van der Waals surface area contributed by atoms with E-state index in [0.29, 0.717) is 29.9 Å². The number of carbonyl (C=O) groups excluding carboxylic acids is 2. The summed E-state index contributed by atoms with van der Waals surface area (Å²) >= 11 is 0. The first-order chi connectivity index (χ1) is 11.3. The van der Waals surface area contributed by atoms with Gasteiger partial charge in [-0.1, -0.05) is 5.57 Å². The van der Waals surface area contributed by atoms with Crippen molar-refractivity contribution in [2.75, 3.05) is 7.11 Å². The van der Waals surface area contributed by atoms with Crippen LogP contribution in [0.4, 0.5) is 0 Å². The molecule has 3 rings (SSSR count). The first kappa shape index (κ1) is 16.6. The number of fused-ring (bicyclic) bond motifs is 2. The molecule has 0 aromatic heterocycles. The van der Waals surface area contributed by atoms with Crippen LogP contribution in [0.25, 0.3) is 0 Å². The highest BCUT2D eigenvalue weighted by Gasteiger charge is 2.38. The van der Waals surface area contributed by atoms with Crippen LogP contribution in [0, 0.1) is 0 Å². The summed E-state index contributed by atoms with van der Waals surface area (Å²) in [5.74, 6) is 0.977. The average Bonchev–Trinajstić information content (AvgIpc) is 2.84. The van der Waals surface area contributed by atoms with Crippen molar-refractivity contribution in [3.8, 4) is 11.5 Å². The van der Waals surface area contributed by atoms with E-state index < -0.39 is 5.60 Å². The smallest absolute Gasteiger partial charge is 0.339 e. The first-order valence-corrected chi connectivity index (χ1v) is 8.09. The Morgan fingerprint density at radius 3 is 2.79 bits per heavy atom. The van der Waals surface area contributed by atoms with E-state index in [2.05, 4.69) is 0 Å². The summed E-state index contributed by atoms with van der Waals surface area (Å²) < 4.78 is 16.8. The van der Waals surface area contributed by atoms with Crippen molar-refractivity contribution in [1.82, 2.24) is 0 Å². The van der Waals surface area contributed by atoms with Crippen LogP contribution < -0.4 is 9.47 Å². The summed E-state index contributed by atoms with van der Waals surface area (Å²) in [7, 11) is 1.59. The molecular formula is C19H22O5. The molecule has 1 unspecified atom stereocenters. The molecule has 128 valence electrons. The summed E-state index contributed by atoms with van der Waals surface area (Å²) in [6.07, 6.45) is 3.40. The van der Waals surface area contributed by atoms with Crippen LogP contribution in [0.2, 0.25) is 0 Å². The number of hydrogen-bond acceptors (Lipinski definition) is 5. The summed E-state index contributed by atoms with van der Waals surface area (Å²) in [6.45, 7) is 5.97. The predicted molar refractivity (Wildman–Crippen MR) is 88.5 cm³/mol. The van der Waals surface area contributed by atoms with E-state index in [1.165, 1.54) is 0 Å². The standard InChI is InChI=1S/C19H22O5/c1-11(2)7-12(20)9-19(3)6-5-13-16(24-19)8-14-15(17(13)22-4)10-23-18(14)21/h7-8H,5-6,9-10H2,1-4H3. The molecule has 5 nitrogen and oxygen atoms in total. The van der Waals surface area contributed by atoms with Crippen LogP contribution in [0.1, 0.15) is 55.1 Å². The molecule has 0 bridgehead atoms. The second-order valence-electron chi connectivity index (χ2n) is 6.91. The Morgan fingerprint density at radius 2 is 2.12 bits per heavy atom. The third-order valence-electron chi connectivity index (χ3n) is 4.48. The maximum Gasteiger partial charge on any atom is 0.339 e. The molecule has 0 fully saturated rings. The summed E-state index contributed by atoms with van der Waals surface area (Å²) in [6, 6.07) is 1.73. The van der Waals surface area contributed by atoms with E-state index in [4.69, 9.17) is 14.2 Å². The number of cyclic esters (lactones) is 1. The van der Waals surface area contributed by atoms with Gasteiger partial charge in [-0.3, -0.25) is 4.79 Å². The summed E-state index contributed by atoms with van der Waals surface area (Å²) in [5, 5.41) is 0. The van der Waals surface area contributed by atoms with E-state index >= 15 is 0 Å². The minimum absolute atomic E-state index is 0.0495. The zero-order valence-electron chi connectivity index (χ0n) is 14.5. The molecule has 24 heavy (non-hydrogen) atoms. The lowest BCUT2D eigenvalue weighted by molar-refractivity contribution is -0.118. The molecule has 0 saturated heterocycles. The van der Waals surface area contributed by atoms with Crippen molar-refractivity contribution in [3.05, 3.63) is 34.4 Å². The number of allylic oxidation sites excluding steroid dienone is 2. The van der Waals surface area contributed by atoms with Crippen LogP contribution in [-0.4, -0.2) is 24.5 Å². The number of benzene rings is 1. The van der Waals surface area contributed by atoms with Gasteiger partial charge in [0.2, 0.25) is 0 Å². The molecule has 0 N–H and O–H groups in total. The fraction of sp³-hybridized carbons (Fsp3) is 0.474. The minimum atomic E-state index is -0.586. The van der Waals surface area contributed by atoms with Gasteiger partial charge in [0.15, 0.2) is 5.78 Å². The Hall–Kier alpha value is -2.30. The molecule has 2 aliphatic rings. The molecule has 2 heterocycles. The van der Waals surface area contributed by atoms with Crippen molar-refractivity contribution in [2.24, 2.45) is 0 Å². The Bertz CT molecular complexity index is 743. The number of hydrogen-bond donors (Lipinski definition) is 0. The van der Waals surface area contributed by atoms with E-state index in [1.807, 2.05) is 20.8 Å². The SMILES string of the molecule is COc1c2c(cc3c1COC3=O)OC(C)(CC(=O)C=C(C)C)CC2. The Labute approximate surface area is 141 Å².